The van der Waals surface area contributed by atoms with E-state index in [1.54, 1.807) is 0 Å². The molecule has 2 aromatic rings. The summed E-state index contributed by atoms with van der Waals surface area (Å²) in [4.78, 5) is 8.78. The third kappa shape index (κ3) is 2.83. The summed E-state index contributed by atoms with van der Waals surface area (Å²) in [5, 5.41) is 0.556. The van der Waals surface area contributed by atoms with Gasteiger partial charge in [-0.2, -0.15) is 0 Å². The number of halogens is 1. The van der Waals surface area contributed by atoms with Gasteiger partial charge in [-0.15, -0.1) is 0 Å². The number of hydrogen-bond acceptors (Lipinski definition) is 2. The van der Waals surface area contributed by atoms with Gasteiger partial charge in [-0.3, -0.25) is 0 Å². The van der Waals surface area contributed by atoms with E-state index in [9.17, 15) is 0 Å². The van der Waals surface area contributed by atoms with Crippen LogP contribution in [0, 0.1) is 20.8 Å². The molecule has 0 amide bonds. The highest BCUT2D eigenvalue weighted by atomic mass is 35.5. The lowest BCUT2D eigenvalue weighted by atomic mass is 10.1. The zero-order valence-corrected chi connectivity index (χ0v) is 11.0. The quantitative estimate of drug-likeness (QED) is 0.756. The minimum Gasteiger partial charge on any atom is -0.238 e. The fourth-order valence-corrected chi connectivity index (χ4v) is 1.97. The van der Waals surface area contributed by atoms with Gasteiger partial charge < -0.3 is 0 Å². The number of hydrogen-bond donors (Lipinski definition) is 0. The van der Waals surface area contributed by atoms with E-state index in [4.69, 9.17) is 11.6 Å². The molecule has 2 nitrogen and oxygen atoms in total. The molecule has 0 spiro atoms. The van der Waals surface area contributed by atoms with Gasteiger partial charge in [0.2, 0.25) is 0 Å². The van der Waals surface area contributed by atoms with Gasteiger partial charge in [0.25, 0.3) is 0 Å². The van der Waals surface area contributed by atoms with Gasteiger partial charge in [-0.1, -0.05) is 41.4 Å². The van der Waals surface area contributed by atoms with E-state index in [0.717, 1.165) is 23.5 Å². The van der Waals surface area contributed by atoms with Gasteiger partial charge >= 0.3 is 0 Å². The van der Waals surface area contributed by atoms with Crippen LogP contribution in [0.1, 0.15) is 28.2 Å². The molecule has 88 valence electrons. The van der Waals surface area contributed by atoms with E-state index < -0.39 is 0 Å². The summed E-state index contributed by atoms with van der Waals surface area (Å²) in [7, 11) is 0. The zero-order chi connectivity index (χ0) is 12.4. The largest absolute Gasteiger partial charge is 0.238 e. The lowest BCUT2D eigenvalue weighted by molar-refractivity contribution is 0.926. The Morgan fingerprint density at radius 2 is 1.88 bits per heavy atom. The van der Waals surface area contributed by atoms with Gasteiger partial charge in [0, 0.05) is 17.7 Å². The van der Waals surface area contributed by atoms with Crippen molar-refractivity contribution in [2.75, 3.05) is 0 Å². The van der Waals surface area contributed by atoms with Crippen LogP contribution in [0.2, 0.25) is 5.15 Å². The van der Waals surface area contributed by atoms with Gasteiger partial charge in [-0.05, 0) is 26.3 Å². The molecule has 0 aliphatic heterocycles. The Kier molecular flexibility index (Phi) is 3.43. The first kappa shape index (κ1) is 12.1. The molecule has 3 heteroatoms. The fraction of sp³-hybridized carbons (Fsp3) is 0.286. The van der Waals surface area contributed by atoms with E-state index in [1.807, 2.05) is 19.9 Å². The second kappa shape index (κ2) is 4.84. The normalized spacial score (nSPS) is 10.6. The Bertz CT molecular complexity index is 527. The maximum Gasteiger partial charge on any atom is 0.135 e. The summed E-state index contributed by atoms with van der Waals surface area (Å²) in [6.07, 6.45) is 0.725. The van der Waals surface area contributed by atoms with Crippen LogP contribution < -0.4 is 0 Å². The first-order chi connectivity index (χ1) is 8.06. The van der Waals surface area contributed by atoms with Gasteiger partial charge in [0.1, 0.15) is 11.0 Å². The maximum atomic E-state index is 6.07. The molecule has 1 aromatic carbocycles. The van der Waals surface area contributed by atoms with Crippen molar-refractivity contribution in [3.63, 3.8) is 0 Å². The minimum absolute atomic E-state index is 0.556. The van der Waals surface area contributed by atoms with E-state index >= 15 is 0 Å². The number of aromatic nitrogens is 2. The molecule has 0 N–H and O–H groups in total. The van der Waals surface area contributed by atoms with E-state index in [1.165, 1.54) is 11.1 Å². The van der Waals surface area contributed by atoms with Crippen molar-refractivity contribution in [1.82, 2.24) is 9.97 Å². The highest BCUT2D eigenvalue weighted by Gasteiger charge is 2.06. The van der Waals surface area contributed by atoms with Crippen LogP contribution in [0.15, 0.2) is 24.3 Å². The Hall–Kier alpha value is -1.41. The van der Waals surface area contributed by atoms with Gasteiger partial charge in [0.05, 0.1) is 0 Å². The average Bonchev–Trinajstić information content (AvgIpc) is 2.26. The molecule has 0 saturated carbocycles. The van der Waals surface area contributed by atoms with Crippen molar-refractivity contribution in [3.8, 4) is 0 Å². The molecule has 17 heavy (non-hydrogen) atoms. The Morgan fingerprint density at radius 1 is 1.12 bits per heavy atom. The first-order valence-electron chi connectivity index (χ1n) is 5.61. The summed E-state index contributed by atoms with van der Waals surface area (Å²) in [6.45, 7) is 5.98. The smallest absolute Gasteiger partial charge is 0.135 e. The molecule has 0 fully saturated rings. The summed E-state index contributed by atoms with van der Waals surface area (Å²) in [5.41, 5.74) is 4.37. The van der Waals surface area contributed by atoms with Crippen molar-refractivity contribution >= 4 is 11.6 Å². The number of rotatable bonds is 2. The molecule has 1 aromatic heterocycles. The van der Waals surface area contributed by atoms with Gasteiger partial charge in [-0.25, -0.2) is 9.97 Å². The molecular weight excluding hydrogens is 232 g/mol. The summed E-state index contributed by atoms with van der Waals surface area (Å²) < 4.78 is 0. The standard InChI is InChI=1S/C14H15ClN2/c1-9-5-4-6-12(7-9)8-13-16-11(3)10(2)14(15)17-13/h4-7H,8H2,1-3H3. The molecule has 0 radical (unpaired) electrons. The van der Waals surface area contributed by atoms with E-state index in [2.05, 4.69) is 35.1 Å². The molecule has 0 unspecified atom stereocenters. The average molecular weight is 247 g/mol. The molecule has 0 aliphatic carbocycles. The molecule has 0 saturated heterocycles. The SMILES string of the molecule is Cc1cccc(Cc2nc(C)c(C)c(Cl)n2)c1. The van der Waals surface area contributed by atoms with E-state index in [-0.39, 0.29) is 0 Å². The van der Waals surface area contributed by atoms with Crippen molar-refractivity contribution in [3.05, 3.63) is 57.6 Å². The lowest BCUT2D eigenvalue weighted by Crippen LogP contribution is -2.01. The Labute approximate surface area is 107 Å². The minimum atomic E-state index is 0.556. The predicted octanol–water partition coefficient (Wildman–Crippen LogP) is 3.65. The maximum absolute atomic E-state index is 6.07. The third-order valence-corrected chi connectivity index (χ3v) is 3.19. The predicted molar refractivity (Wildman–Crippen MR) is 70.5 cm³/mol. The topological polar surface area (TPSA) is 25.8 Å². The second-order valence-electron chi connectivity index (χ2n) is 4.31. The lowest BCUT2D eigenvalue weighted by Gasteiger charge is -2.06. The summed E-state index contributed by atoms with van der Waals surface area (Å²) >= 11 is 6.07. The number of benzene rings is 1. The van der Waals surface area contributed by atoms with Crippen molar-refractivity contribution < 1.29 is 0 Å². The van der Waals surface area contributed by atoms with Crippen LogP contribution >= 0.6 is 11.6 Å². The second-order valence-corrected chi connectivity index (χ2v) is 4.66. The summed E-state index contributed by atoms with van der Waals surface area (Å²) in [5.74, 6) is 0.781. The van der Waals surface area contributed by atoms with Crippen LogP contribution in [-0.4, -0.2) is 9.97 Å². The third-order valence-electron chi connectivity index (χ3n) is 2.82. The van der Waals surface area contributed by atoms with Crippen LogP contribution in [0.5, 0.6) is 0 Å². The molecule has 1 heterocycles. The van der Waals surface area contributed by atoms with Crippen LogP contribution in [-0.2, 0) is 6.42 Å². The summed E-state index contributed by atoms with van der Waals surface area (Å²) in [6, 6.07) is 8.36. The molecule has 0 atom stereocenters. The molecule has 0 aliphatic rings. The monoisotopic (exact) mass is 246 g/mol. The van der Waals surface area contributed by atoms with Crippen LogP contribution in [0.4, 0.5) is 0 Å². The molecular formula is C14H15ClN2. The van der Waals surface area contributed by atoms with E-state index in [0.29, 0.717) is 5.15 Å². The Morgan fingerprint density at radius 3 is 2.53 bits per heavy atom. The van der Waals surface area contributed by atoms with Crippen molar-refractivity contribution in [1.29, 1.82) is 0 Å². The molecule has 0 bridgehead atoms. The first-order valence-corrected chi connectivity index (χ1v) is 5.99. The van der Waals surface area contributed by atoms with Crippen LogP contribution in [0.25, 0.3) is 0 Å². The van der Waals surface area contributed by atoms with Crippen molar-refractivity contribution in [2.24, 2.45) is 0 Å². The van der Waals surface area contributed by atoms with Gasteiger partial charge in [0.15, 0.2) is 0 Å². The highest BCUT2D eigenvalue weighted by molar-refractivity contribution is 6.30. The molecule has 2 rings (SSSR count). The van der Waals surface area contributed by atoms with Crippen LogP contribution in [0.3, 0.4) is 0 Å². The van der Waals surface area contributed by atoms with Crippen molar-refractivity contribution in [2.45, 2.75) is 27.2 Å². The zero-order valence-electron chi connectivity index (χ0n) is 10.3. The number of aryl methyl sites for hydroxylation is 2. The highest BCUT2D eigenvalue weighted by Crippen LogP contribution is 2.16. The fourth-order valence-electron chi connectivity index (χ4n) is 1.73. The number of nitrogens with zero attached hydrogens (tertiary/aromatic N) is 2. The Balaban J connectivity index is 2.31.